The Morgan fingerprint density at radius 1 is 1.12 bits per heavy atom. The molecule has 0 aliphatic carbocycles. The number of nitro benzene ring substituents is 1. The fourth-order valence-electron chi connectivity index (χ4n) is 6.66. The van der Waals surface area contributed by atoms with Gasteiger partial charge < -0.3 is 19.8 Å². The summed E-state index contributed by atoms with van der Waals surface area (Å²) in [5.41, 5.74) is 6.00. The summed E-state index contributed by atoms with van der Waals surface area (Å²) < 4.78 is 11.9. The molecule has 12 nitrogen and oxygen atoms in total. The third-order valence-corrected chi connectivity index (χ3v) is 14.2. The number of carbonyl (C=O) groups excluding carboxylic acids is 4. The number of amides is 2. The van der Waals surface area contributed by atoms with Gasteiger partial charge >= 0.3 is 11.9 Å². The van der Waals surface area contributed by atoms with E-state index in [1.165, 1.54) is 17.0 Å². The van der Waals surface area contributed by atoms with Crippen molar-refractivity contribution in [3.8, 4) is 0 Å². The van der Waals surface area contributed by atoms with Crippen LogP contribution < -0.4 is 5.73 Å². The van der Waals surface area contributed by atoms with Crippen molar-refractivity contribution in [2.24, 2.45) is 23.5 Å². The summed E-state index contributed by atoms with van der Waals surface area (Å²) in [6.07, 6.45) is 0.268. The molecule has 0 radical (unpaired) electrons. The number of nitrogens with two attached hydrogens (primary N) is 1. The van der Waals surface area contributed by atoms with Crippen molar-refractivity contribution in [3.05, 3.63) is 51.2 Å². The zero-order valence-electron chi connectivity index (χ0n) is 24.8. The van der Waals surface area contributed by atoms with Crippen LogP contribution in [0.5, 0.6) is 0 Å². The number of fused-ring (bicyclic) bond motifs is 1. The molecule has 3 aliphatic heterocycles. The average molecular weight is 601 g/mol. The quantitative estimate of drug-likeness (QED) is 0.0948. The molecule has 4 rings (SSSR count). The molecule has 0 bridgehead atoms. The van der Waals surface area contributed by atoms with Crippen molar-refractivity contribution in [1.29, 1.82) is 0 Å². The van der Waals surface area contributed by atoms with E-state index in [9.17, 15) is 29.3 Å². The van der Waals surface area contributed by atoms with Gasteiger partial charge in [-0.05, 0) is 55.7 Å². The second-order valence-corrected chi connectivity index (χ2v) is 16.3. The van der Waals surface area contributed by atoms with E-state index in [0.29, 0.717) is 31.6 Å². The van der Waals surface area contributed by atoms with Crippen LogP contribution in [0.4, 0.5) is 5.69 Å². The Hall–Kier alpha value is -3.42. The smallest absolute Gasteiger partial charge is 0.362 e. The molecule has 1 aromatic rings. The largest absolute Gasteiger partial charge is 0.413 e. The zero-order valence-corrected chi connectivity index (χ0v) is 25.8. The molecule has 2 saturated heterocycles. The van der Waals surface area contributed by atoms with E-state index in [2.05, 4.69) is 20.8 Å². The van der Waals surface area contributed by atoms with Gasteiger partial charge in [-0.25, -0.2) is 9.59 Å². The number of non-ortho nitro benzene ring substituents is 1. The Labute approximate surface area is 246 Å². The molecule has 3 heterocycles. The third kappa shape index (κ3) is 5.77. The van der Waals surface area contributed by atoms with Gasteiger partial charge in [0.25, 0.3) is 5.69 Å². The summed E-state index contributed by atoms with van der Waals surface area (Å²) in [4.78, 5) is 65.7. The summed E-state index contributed by atoms with van der Waals surface area (Å²) in [6, 6.07) is 7.23. The number of nitrogens with zero attached hydrogens (tertiary/aromatic N) is 3. The van der Waals surface area contributed by atoms with Gasteiger partial charge in [0.05, 0.1) is 34.5 Å². The van der Waals surface area contributed by atoms with Crippen LogP contribution in [0.25, 0.3) is 0 Å². The summed E-state index contributed by atoms with van der Waals surface area (Å²) in [5.74, 6) is -3.50. The topological polar surface area (TPSA) is 162 Å². The predicted molar refractivity (Wildman–Crippen MR) is 155 cm³/mol. The molecule has 1 unspecified atom stereocenters. The zero-order chi connectivity index (χ0) is 30.9. The second kappa shape index (κ2) is 12.4. The number of rotatable bonds is 12. The molecule has 2 fully saturated rings. The molecule has 13 heteroatoms. The van der Waals surface area contributed by atoms with Crippen molar-refractivity contribution < 1.29 is 33.3 Å². The van der Waals surface area contributed by atoms with Gasteiger partial charge in [-0.1, -0.05) is 27.7 Å². The van der Waals surface area contributed by atoms with Gasteiger partial charge in [0, 0.05) is 31.1 Å². The first kappa shape index (κ1) is 31.5. The predicted octanol–water partition coefficient (Wildman–Crippen LogP) is 3.23. The van der Waals surface area contributed by atoms with Crippen LogP contribution in [0.2, 0.25) is 18.1 Å². The van der Waals surface area contributed by atoms with E-state index in [0.717, 1.165) is 30.3 Å². The highest BCUT2D eigenvalue weighted by Crippen LogP contribution is 2.49. The average Bonchev–Trinajstić information content (AvgIpc) is 3.53. The number of nitro groups is 1. The van der Waals surface area contributed by atoms with Crippen LogP contribution in [-0.2, 0) is 23.5 Å². The third-order valence-electron chi connectivity index (χ3n) is 9.43. The molecule has 0 saturated carbocycles. The van der Waals surface area contributed by atoms with Crippen molar-refractivity contribution in [2.45, 2.75) is 71.3 Å². The first-order valence-corrected chi connectivity index (χ1v) is 17.2. The van der Waals surface area contributed by atoms with Crippen LogP contribution in [0, 0.1) is 27.9 Å². The van der Waals surface area contributed by atoms with Crippen LogP contribution in [0.3, 0.4) is 0 Å². The number of ether oxygens (including phenoxy) is 1. The van der Waals surface area contributed by atoms with E-state index in [1.807, 2.05) is 18.7 Å². The number of hydrogen-bond acceptors (Lipinski definition) is 9. The molecule has 2 amide bonds. The fraction of sp³-hybridized carbons (Fsp3) is 0.586. The van der Waals surface area contributed by atoms with Crippen LogP contribution in [0.1, 0.15) is 51.4 Å². The lowest BCUT2D eigenvalue weighted by molar-refractivity contribution is -0.384. The minimum atomic E-state index is -2.01. The first-order chi connectivity index (χ1) is 19.9. The molecule has 1 aromatic carbocycles. The summed E-state index contributed by atoms with van der Waals surface area (Å²) in [6.45, 7) is 11.6. The number of likely N-dealkylation sites (tertiary alicyclic amines) is 1. The Balaban J connectivity index is 1.60. The first-order valence-electron chi connectivity index (χ1n) is 14.6. The van der Waals surface area contributed by atoms with E-state index in [4.69, 9.17) is 14.9 Å². The summed E-state index contributed by atoms with van der Waals surface area (Å²) in [7, 11) is -2.01. The standard InChI is InChI=1S/C29H40N4O8Si/c1-6-42(7-2,8-3)41-18(5)23-24-17(4)22(16-31-14-13-20(15-31)26(30)34)25(32(24)27(23)35)29(37)40-28(36)19-9-11-21(12-10-19)33(38)39/h9-12,17-18,20,23-24H,6-8,13-16H2,1-5H3,(H2,30,34)/t17-,18+,20+,23?,24+/m0/s1. The number of esters is 2. The minimum Gasteiger partial charge on any atom is -0.413 e. The highest BCUT2D eigenvalue weighted by Gasteiger charge is 2.61. The molecular formula is C29H40N4O8Si. The van der Waals surface area contributed by atoms with Gasteiger partial charge in [-0.3, -0.25) is 24.6 Å². The van der Waals surface area contributed by atoms with Gasteiger partial charge in [0.15, 0.2) is 8.32 Å². The van der Waals surface area contributed by atoms with E-state index < -0.39 is 31.1 Å². The number of benzene rings is 1. The molecule has 0 aromatic heterocycles. The normalized spacial score (nSPS) is 24.8. The highest BCUT2D eigenvalue weighted by atomic mass is 28.4. The maximum absolute atomic E-state index is 13.7. The second-order valence-electron chi connectivity index (χ2n) is 11.6. The Morgan fingerprint density at radius 3 is 2.26 bits per heavy atom. The molecular weight excluding hydrogens is 560 g/mol. The van der Waals surface area contributed by atoms with Crippen molar-refractivity contribution in [2.75, 3.05) is 19.6 Å². The molecule has 42 heavy (non-hydrogen) atoms. The molecule has 0 spiro atoms. The van der Waals surface area contributed by atoms with Gasteiger partial charge in [0.1, 0.15) is 5.70 Å². The Kier molecular flexibility index (Phi) is 9.33. The number of hydrogen-bond donors (Lipinski definition) is 1. The number of primary amides is 1. The van der Waals surface area contributed by atoms with E-state index >= 15 is 0 Å². The molecule has 3 aliphatic rings. The maximum Gasteiger partial charge on any atom is 0.362 e. The van der Waals surface area contributed by atoms with E-state index in [-0.39, 0.29) is 52.7 Å². The number of β-lactam (4-membered cyclic amide) rings is 1. The van der Waals surface area contributed by atoms with E-state index in [1.54, 1.807) is 0 Å². The van der Waals surface area contributed by atoms with Crippen molar-refractivity contribution >= 4 is 37.8 Å². The SMILES string of the molecule is CC[Si](CC)(CC)O[C@H](C)C1C(=O)N2C(C(=O)OC(=O)c3ccc([N+](=O)[O-])cc3)=C(CN3CC[C@@H](C(N)=O)C3)[C@H](C)[C@H]12. The lowest BCUT2D eigenvalue weighted by Gasteiger charge is -2.49. The van der Waals surface area contributed by atoms with Crippen LogP contribution >= 0.6 is 0 Å². The maximum atomic E-state index is 13.7. The lowest BCUT2D eigenvalue weighted by Crippen LogP contribution is -2.65. The van der Waals surface area contributed by atoms with Gasteiger partial charge in [-0.15, -0.1) is 0 Å². The highest BCUT2D eigenvalue weighted by molar-refractivity contribution is 6.73. The summed E-state index contributed by atoms with van der Waals surface area (Å²) in [5, 5.41) is 11.0. The lowest BCUT2D eigenvalue weighted by atomic mass is 9.77. The fourth-order valence-corrected chi connectivity index (χ4v) is 9.59. The summed E-state index contributed by atoms with van der Waals surface area (Å²) >= 11 is 0. The van der Waals surface area contributed by atoms with Crippen LogP contribution in [0.15, 0.2) is 35.5 Å². The van der Waals surface area contributed by atoms with Crippen molar-refractivity contribution in [1.82, 2.24) is 9.80 Å². The van der Waals surface area contributed by atoms with Crippen molar-refractivity contribution in [3.63, 3.8) is 0 Å². The van der Waals surface area contributed by atoms with Gasteiger partial charge in [0.2, 0.25) is 11.8 Å². The molecule has 2 N–H and O–H groups in total. The van der Waals surface area contributed by atoms with Gasteiger partial charge in [-0.2, -0.15) is 0 Å². The minimum absolute atomic E-state index is 0.0302. The van der Waals surface area contributed by atoms with Crippen LogP contribution in [-0.4, -0.2) is 78.6 Å². The Morgan fingerprint density at radius 2 is 1.74 bits per heavy atom. The Bertz CT molecular complexity index is 1290. The molecule has 5 atom stereocenters. The number of carbonyl (C=O) groups is 4. The molecule has 228 valence electrons. The monoisotopic (exact) mass is 600 g/mol.